The molecule has 0 heterocycles. The quantitative estimate of drug-likeness (QED) is 0.384. The number of nitrogens with one attached hydrogen (secondary N) is 1. The van der Waals surface area contributed by atoms with Gasteiger partial charge in [-0.2, -0.15) is 0 Å². The van der Waals surface area contributed by atoms with Crippen molar-refractivity contribution in [1.82, 2.24) is 5.43 Å². The van der Waals surface area contributed by atoms with Gasteiger partial charge in [-0.25, -0.2) is 14.2 Å². The Bertz CT molecular complexity index is 650. The van der Waals surface area contributed by atoms with E-state index in [1.54, 1.807) is 12.1 Å². The first kappa shape index (κ1) is 16.0. The van der Waals surface area contributed by atoms with Crippen LogP contribution in [-0.4, -0.2) is 0 Å². The molecule has 3 N–H and O–H groups in total. The second-order valence-corrected chi connectivity index (χ2v) is 6.65. The summed E-state index contributed by atoms with van der Waals surface area (Å²) in [6.45, 7) is 0. The van der Waals surface area contributed by atoms with Gasteiger partial charge in [0.25, 0.3) is 0 Å². The molecule has 0 saturated carbocycles. The molecule has 106 valence electrons. The van der Waals surface area contributed by atoms with Crippen LogP contribution in [0.4, 0.5) is 8.78 Å². The van der Waals surface area contributed by atoms with Gasteiger partial charge < -0.3 is 0 Å². The highest BCUT2D eigenvalue weighted by Gasteiger charge is 2.24. The molecular formula is C13H9Br3F2N2. The van der Waals surface area contributed by atoms with Crippen molar-refractivity contribution in [1.29, 1.82) is 0 Å². The molecule has 20 heavy (non-hydrogen) atoms. The van der Waals surface area contributed by atoms with E-state index in [-0.39, 0.29) is 10.0 Å². The van der Waals surface area contributed by atoms with E-state index in [0.717, 1.165) is 4.47 Å². The molecule has 0 bridgehead atoms. The van der Waals surface area contributed by atoms with E-state index < -0.39 is 17.7 Å². The minimum absolute atomic E-state index is 0.138. The Labute approximate surface area is 140 Å². The number of hydrogen-bond donors (Lipinski definition) is 2. The molecule has 7 heteroatoms. The van der Waals surface area contributed by atoms with Gasteiger partial charge in [0, 0.05) is 14.5 Å². The van der Waals surface area contributed by atoms with Crippen molar-refractivity contribution in [3.05, 3.63) is 66.5 Å². The maximum Gasteiger partial charge on any atom is 0.145 e. The number of rotatable bonds is 3. The van der Waals surface area contributed by atoms with Gasteiger partial charge in [-0.05, 0) is 51.8 Å². The Morgan fingerprint density at radius 3 is 2.30 bits per heavy atom. The summed E-state index contributed by atoms with van der Waals surface area (Å²) in [7, 11) is 0. The van der Waals surface area contributed by atoms with Gasteiger partial charge in [0.15, 0.2) is 0 Å². The number of hydrogen-bond acceptors (Lipinski definition) is 2. The van der Waals surface area contributed by atoms with Crippen molar-refractivity contribution in [2.75, 3.05) is 0 Å². The third-order valence-electron chi connectivity index (χ3n) is 2.80. The van der Waals surface area contributed by atoms with E-state index in [1.807, 2.05) is 6.07 Å². The Kier molecular flexibility index (Phi) is 5.30. The normalized spacial score (nSPS) is 12.5. The SMILES string of the molecule is NNC(c1cc(Br)ccc1Br)c1c(F)ccc(Br)c1F. The van der Waals surface area contributed by atoms with Crippen LogP contribution in [0.1, 0.15) is 17.2 Å². The Morgan fingerprint density at radius 1 is 1.00 bits per heavy atom. The second kappa shape index (κ2) is 6.62. The van der Waals surface area contributed by atoms with Crippen molar-refractivity contribution in [3.63, 3.8) is 0 Å². The zero-order chi connectivity index (χ0) is 14.9. The van der Waals surface area contributed by atoms with Gasteiger partial charge in [-0.15, -0.1) is 0 Å². The molecule has 2 nitrogen and oxygen atoms in total. The highest BCUT2D eigenvalue weighted by atomic mass is 79.9. The van der Waals surface area contributed by atoms with Crippen LogP contribution in [0.15, 0.2) is 43.7 Å². The topological polar surface area (TPSA) is 38.0 Å². The summed E-state index contributed by atoms with van der Waals surface area (Å²) in [5.74, 6) is 4.16. The van der Waals surface area contributed by atoms with Gasteiger partial charge in [0.1, 0.15) is 11.6 Å². The number of nitrogens with two attached hydrogens (primary N) is 1. The lowest BCUT2D eigenvalue weighted by Gasteiger charge is -2.20. The fraction of sp³-hybridized carbons (Fsp3) is 0.0769. The molecule has 0 aliphatic rings. The van der Waals surface area contributed by atoms with Crippen LogP contribution in [0.25, 0.3) is 0 Å². The Hall–Kier alpha value is -0.340. The lowest BCUT2D eigenvalue weighted by Crippen LogP contribution is -2.30. The van der Waals surface area contributed by atoms with E-state index in [9.17, 15) is 8.78 Å². The zero-order valence-electron chi connectivity index (χ0n) is 9.93. The monoisotopic (exact) mass is 468 g/mol. The summed E-state index contributed by atoms with van der Waals surface area (Å²) in [6, 6.07) is 7.02. The average molecular weight is 471 g/mol. The average Bonchev–Trinajstić information content (AvgIpc) is 2.42. The smallest absolute Gasteiger partial charge is 0.145 e. The lowest BCUT2D eigenvalue weighted by molar-refractivity contribution is 0.506. The fourth-order valence-corrected chi connectivity index (χ4v) is 3.07. The largest absolute Gasteiger partial charge is 0.271 e. The third kappa shape index (κ3) is 3.12. The molecule has 2 aromatic rings. The molecular weight excluding hydrogens is 462 g/mol. The minimum Gasteiger partial charge on any atom is -0.271 e. The zero-order valence-corrected chi connectivity index (χ0v) is 14.7. The summed E-state index contributed by atoms with van der Waals surface area (Å²) in [5, 5.41) is 0. The number of hydrazine groups is 1. The van der Waals surface area contributed by atoms with Crippen LogP contribution in [-0.2, 0) is 0 Å². The first-order valence-electron chi connectivity index (χ1n) is 5.50. The number of halogens is 5. The van der Waals surface area contributed by atoms with Crippen molar-refractivity contribution < 1.29 is 8.78 Å². The molecule has 1 unspecified atom stereocenters. The van der Waals surface area contributed by atoms with Crippen LogP contribution in [0.5, 0.6) is 0 Å². The molecule has 0 amide bonds. The fourth-order valence-electron chi connectivity index (χ4n) is 1.87. The van der Waals surface area contributed by atoms with E-state index in [1.165, 1.54) is 12.1 Å². The number of benzene rings is 2. The van der Waals surface area contributed by atoms with E-state index in [2.05, 4.69) is 53.2 Å². The predicted molar refractivity (Wildman–Crippen MR) is 85.1 cm³/mol. The summed E-state index contributed by atoms with van der Waals surface area (Å²) in [6.07, 6.45) is 0. The molecule has 2 rings (SSSR count). The second-order valence-electron chi connectivity index (χ2n) is 4.02. The highest BCUT2D eigenvalue weighted by molar-refractivity contribution is 9.11. The summed E-state index contributed by atoms with van der Waals surface area (Å²) < 4.78 is 29.9. The summed E-state index contributed by atoms with van der Waals surface area (Å²) in [5.41, 5.74) is 2.94. The summed E-state index contributed by atoms with van der Waals surface area (Å²) >= 11 is 9.75. The standard InChI is InChI=1S/C13H9Br3F2N2/c14-6-1-2-8(15)7(5-6)13(20-19)11-10(17)4-3-9(16)12(11)18/h1-5,13,20H,19H2. The summed E-state index contributed by atoms with van der Waals surface area (Å²) in [4.78, 5) is 0. The first-order valence-corrected chi connectivity index (χ1v) is 7.88. The molecule has 2 aromatic carbocycles. The first-order chi connectivity index (χ1) is 9.45. The van der Waals surface area contributed by atoms with Crippen molar-refractivity contribution in [2.24, 2.45) is 5.84 Å². The minimum atomic E-state index is -0.820. The van der Waals surface area contributed by atoms with Crippen molar-refractivity contribution >= 4 is 47.8 Å². The maximum absolute atomic E-state index is 14.2. The predicted octanol–water partition coefficient (Wildman–Crippen LogP) is 4.81. The maximum atomic E-state index is 14.2. The van der Waals surface area contributed by atoms with Crippen LogP contribution < -0.4 is 11.3 Å². The lowest BCUT2D eigenvalue weighted by atomic mass is 9.98. The van der Waals surface area contributed by atoms with Crippen LogP contribution in [0.3, 0.4) is 0 Å². The highest BCUT2D eigenvalue weighted by Crippen LogP contribution is 2.34. The van der Waals surface area contributed by atoms with E-state index in [0.29, 0.717) is 10.0 Å². The molecule has 0 aliphatic heterocycles. The molecule has 0 aliphatic carbocycles. The molecule has 1 atom stereocenters. The Balaban J connectivity index is 2.64. The molecule has 0 aromatic heterocycles. The molecule has 0 radical (unpaired) electrons. The molecule has 0 fully saturated rings. The third-order valence-corrected chi connectivity index (χ3v) is 4.63. The van der Waals surface area contributed by atoms with Gasteiger partial charge in [-0.1, -0.05) is 31.9 Å². The van der Waals surface area contributed by atoms with Gasteiger partial charge >= 0.3 is 0 Å². The Morgan fingerprint density at radius 2 is 1.65 bits per heavy atom. The van der Waals surface area contributed by atoms with Gasteiger partial charge in [-0.3, -0.25) is 5.84 Å². The van der Waals surface area contributed by atoms with Crippen LogP contribution in [0.2, 0.25) is 0 Å². The van der Waals surface area contributed by atoms with Crippen molar-refractivity contribution in [3.8, 4) is 0 Å². The van der Waals surface area contributed by atoms with Crippen LogP contribution in [0, 0.1) is 11.6 Å². The van der Waals surface area contributed by atoms with Gasteiger partial charge in [0.2, 0.25) is 0 Å². The van der Waals surface area contributed by atoms with E-state index >= 15 is 0 Å². The van der Waals surface area contributed by atoms with Gasteiger partial charge in [0.05, 0.1) is 10.5 Å². The van der Waals surface area contributed by atoms with Crippen LogP contribution >= 0.6 is 47.8 Å². The van der Waals surface area contributed by atoms with E-state index in [4.69, 9.17) is 5.84 Å². The molecule has 0 saturated heterocycles. The van der Waals surface area contributed by atoms with Crippen molar-refractivity contribution in [2.45, 2.75) is 6.04 Å². The molecule has 0 spiro atoms.